The number of non-ortho nitro benzene ring substituents is 1. The van der Waals surface area contributed by atoms with Crippen LogP contribution >= 0.6 is 0 Å². The lowest BCUT2D eigenvalue weighted by Gasteiger charge is -2.22. The molecule has 1 fully saturated rings. The third-order valence-electron chi connectivity index (χ3n) is 6.16. The highest BCUT2D eigenvalue weighted by atomic mass is 16.7. The topological polar surface area (TPSA) is 152 Å². The maximum atomic E-state index is 13.4. The van der Waals surface area contributed by atoms with Gasteiger partial charge in [0.15, 0.2) is 0 Å². The lowest BCUT2D eigenvalue weighted by molar-refractivity contribution is -0.384. The summed E-state index contributed by atoms with van der Waals surface area (Å²) in [4.78, 5) is 48.4. The number of likely N-dealkylation sites (tertiary alicyclic amines) is 1. The number of carbonyl (C=O) groups excluding carboxylic acids is 2. The number of hydrogen-bond donors (Lipinski definition) is 2. The highest BCUT2D eigenvalue weighted by Crippen LogP contribution is 2.29. The van der Waals surface area contributed by atoms with E-state index in [0.717, 1.165) is 0 Å². The highest BCUT2D eigenvalue weighted by molar-refractivity contribution is 6.05. The molecule has 37 heavy (non-hydrogen) atoms. The second kappa shape index (κ2) is 11.3. The fourth-order valence-electron chi connectivity index (χ4n) is 4.22. The van der Waals surface area contributed by atoms with Crippen molar-refractivity contribution in [2.24, 2.45) is 10.7 Å². The minimum atomic E-state index is -0.511. The molecule has 2 aromatic carbocycles. The van der Waals surface area contributed by atoms with Crippen molar-refractivity contribution >= 4 is 35.1 Å². The number of amides is 2. The number of hydroxylamine groups is 2. The van der Waals surface area contributed by atoms with Crippen LogP contribution in [0.3, 0.4) is 0 Å². The smallest absolute Gasteiger partial charge is 0.273 e. The number of nitrogens with two attached hydrogens (primary N) is 1. The third kappa shape index (κ3) is 6.19. The fraction of sp³-hybridized carbons (Fsp3) is 0.346. The van der Waals surface area contributed by atoms with E-state index >= 15 is 0 Å². The first kappa shape index (κ1) is 26.0. The quantitative estimate of drug-likeness (QED) is 0.412. The Morgan fingerprint density at radius 1 is 1.27 bits per heavy atom. The van der Waals surface area contributed by atoms with Gasteiger partial charge in [0.2, 0.25) is 0 Å². The average Bonchev–Trinajstić information content (AvgIpc) is 3.24. The summed E-state index contributed by atoms with van der Waals surface area (Å²) < 4.78 is 0. The molecule has 0 aliphatic carbocycles. The molecular weight excluding hydrogens is 478 g/mol. The zero-order valence-electron chi connectivity index (χ0n) is 20.5. The van der Waals surface area contributed by atoms with Crippen molar-refractivity contribution in [2.45, 2.75) is 38.9 Å². The molecular formula is C26H29N5O6. The van der Waals surface area contributed by atoms with Crippen LogP contribution in [0.5, 0.6) is 0 Å². The summed E-state index contributed by atoms with van der Waals surface area (Å²) in [5, 5.41) is 21.9. The molecule has 0 radical (unpaired) electrons. The van der Waals surface area contributed by atoms with Crippen LogP contribution in [-0.2, 0) is 16.2 Å². The number of fused-ring (bicyclic) bond motifs is 1. The lowest BCUT2D eigenvalue weighted by Crippen LogP contribution is -2.34. The summed E-state index contributed by atoms with van der Waals surface area (Å²) in [6, 6.07) is 11.0. The molecule has 1 unspecified atom stereocenters. The monoisotopic (exact) mass is 507 g/mol. The summed E-state index contributed by atoms with van der Waals surface area (Å²) in [6.07, 6.45) is 2.50. The number of aliphatic hydroxyl groups excluding tert-OH is 1. The number of nitrogens with zero attached hydrogens (tertiary/aromatic N) is 4. The van der Waals surface area contributed by atoms with Crippen molar-refractivity contribution in [3.8, 4) is 0 Å². The third-order valence-corrected chi connectivity index (χ3v) is 6.16. The summed E-state index contributed by atoms with van der Waals surface area (Å²) in [7, 11) is 0. The normalized spacial score (nSPS) is 16.9. The maximum Gasteiger partial charge on any atom is 0.273 e. The summed E-state index contributed by atoms with van der Waals surface area (Å²) in [6.45, 7) is 3.11. The van der Waals surface area contributed by atoms with Gasteiger partial charge in [-0.2, -0.15) is 0 Å². The van der Waals surface area contributed by atoms with Gasteiger partial charge in [-0.05, 0) is 48.7 Å². The van der Waals surface area contributed by atoms with Gasteiger partial charge in [0.05, 0.1) is 16.7 Å². The molecule has 1 atom stereocenters. The van der Waals surface area contributed by atoms with E-state index in [2.05, 4.69) is 4.99 Å². The van der Waals surface area contributed by atoms with E-state index in [0.29, 0.717) is 60.4 Å². The average molecular weight is 508 g/mol. The van der Waals surface area contributed by atoms with E-state index in [4.69, 9.17) is 10.6 Å². The first-order chi connectivity index (χ1) is 17.7. The number of rotatable bonds is 8. The second-order valence-corrected chi connectivity index (χ2v) is 9.02. The van der Waals surface area contributed by atoms with E-state index in [1.54, 1.807) is 41.3 Å². The molecule has 2 aromatic rings. The molecule has 11 heteroatoms. The van der Waals surface area contributed by atoms with Crippen LogP contribution in [0.2, 0.25) is 0 Å². The Labute approximate surface area is 213 Å². The summed E-state index contributed by atoms with van der Waals surface area (Å²) in [5.74, 6) is -0.321. The molecule has 2 heterocycles. The van der Waals surface area contributed by atoms with E-state index in [9.17, 15) is 24.8 Å². The van der Waals surface area contributed by atoms with Gasteiger partial charge in [-0.25, -0.2) is 10.1 Å². The van der Waals surface area contributed by atoms with Crippen molar-refractivity contribution in [3.05, 3.63) is 74.8 Å². The molecule has 11 nitrogen and oxygen atoms in total. The largest absolute Gasteiger partial charge is 0.391 e. The van der Waals surface area contributed by atoms with Crippen LogP contribution in [0.25, 0.3) is 6.08 Å². The number of amidine groups is 1. The minimum absolute atomic E-state index is 0.0230. The molecule has 0 spiro atoms. The molecule has 2 aliphatic rings. The number of nitro groups is 1. The molecule has 194 valence electrons. The van der Waals surface area contributed by atoms with Crippen LogP contribution in [0.15, 0.2) is 53.0 Å². The predicted octanol–water partition coefficient (Wildman–Crippen LogP) is 2.95. The van der Waals surface area contributed by atoms with E-state index in [1.807, 2.05) is 6.92 Å². The summed E-state index contributed by atoms with van der Waals surface area (Å²) in [5.41, 5.74) is 8.75. The van der Waals surface area contributed by atoms with Crippen LogP contribution < -0.4 is 5.73 Å². The van der Waals surface area contributed by atoms with Gasteiger partial charge < -0.3 is 15.7 Å². The maximum absolute atomic E-state index is 13.4. The number of benzene rings is 2. The van der Waals surface area contributed by atoms with Crippen LogP contribution in [0, 0.1) is 10.1 Å². The number of hydrogen-bond acceptors (Lipinski definition) is 8. The lowest BCUT2D eigenvalue weighted by atomic mass is 10.0. The van der Waals surface area contributed by atoms with Gasteiger partial charge in [0.25, 0.3) is 17.5 Å². The first-order valence-electron chi connectivity index (χ1n) is 12.1. The van der Waals surface area contributed by atoms with Crippen LogP contribution in [-0.4, -0.2) is 63.4 Å². The molecule has 0 aromatic heterocycles. The Balaban J connectivity index is 1.52. The Bertz CT molecular complexity index is 1260. The van der Waals surface area contributed by atoms with Gasteiger partial charge in [-0.15, -0.1) is 0 Å². The Kier molecular flexibility index (Phi) is 7.95. The van der Waals surface area contributed by atoms with Crippen molar-refractivity contribution in [1.29, 1.82) is 0 Å². The Morgan fingerprint density at radius 3 is 2.68 bits per heavy atom. The van der Waals surface area contributed by atoms with Crippen molar-refractivity contribution in [2.75, 3.05) is 19.6 Å². The number of aliphatic imine (C=N–C) groups is 1. The molecule has 3 N–H and O–H groups in total. The molecule has 4 rings (SSSR count). The number of aliphatic hydroxyl groups is 1. The standard InChI is InChI=1S/C26H29N5O6/c1-2-10-30(37-16-17-3-7-21(8-4-17)31(35)36)26(34)20-12-18-5-6-19(13-23(18)28-24(27)14-20)25(33)29-11-9-22(32)15-29/h3-8,12-13,22,32H,2,9-11,14-16H2,1H3,(H2,27,28). The molecule has 2 amide bonds. The van der Waals surface area contributed by atoms with Crippen LogP contribution in [0.1, 0.15) is 47.7 Å². The zero-order valence-corrected chi connectivity index (χ0v) is 20.5. The van der Waals surface area contributed by atoms with E-state index < -0.39 is 11.0 Å². The van der Waals surface area contributed by atoms with E-state index in [-0.39, 0.29) is 36.4 Å². The number of nitro benzene ring substituents is 1. The first-order valence-corrected chi connectivity index (χ1v) is 12.1. The van der Waals surface area contributed by atoms with Crippen molar-refractivity contribution < 1.29 is 24.5 Å². The van der Waals surface area contributed by atoms with Gasteiger partial charge in [0, 0.05) is 54.9 Å². The molecule has 1 saturated heterocycles. The number of carbonyl (C=O) groups is 2. The van der Waals surface area contributed by atoms with Gasteiger partial charge in [-0.3, -0.25) is 24.5 Å². The number of β-amino-alcohol motifs (C(OH)–C–C–N with tert-alkyl or cyclic N) is 1. The van der Waals surface area contributed by atoms with Gasteiger partial charge in [0.1, 0.15) is 12.4 Å². The summed E-state index contributed by atoms with van der Waals surface area (Å²) >= 11 is 0. The van der Waals surface area contributed by atoms with Crippen molar-refractivity contribution in [1.82, 2.24) is 9.96 Å². The van der Waals surface area contributed by atoms with Gasteiger partial charge >= 0.3 is 0 Å². The Hall–Kier alpha value is -4.09. The van der Waals surface area contributed by atoms with E-state index in [1.165, 1.54) is 17.2 Å². The minimum Gasteiger partial charge on any atom is -0.391 e. The van der Waals surface area contributed by atoms with Gasteiger partial charge in [-0.1, -0.05) is 13.0 Å². The van der Waals surface area contributed by atoms with Crippen molar-refractivity contribution in [3.63, 3.8) is 0 Å². The SMILES string of the molecule is CCCN(OCc1ccc([N+](=O)[O-])cc1)C(=O)C1=Cc2ccc(C(=O)N3CCC(O)C3)cc2N=C(N)C1. The highest BCUT2D eigenvalue weighted by Gasteiger charge is 2.27. The predicted molar refractivity (Wildman–Crippen MR) is 137 cm³/mol. The fourth-order valence-corrected chi connectivity index (χ4v) is 4.22. The van der Waals surface area contributed by atoms with Crippen LogP contribution in [0.4, 0.5) is 11.4 Å². The molecule has 0 saturated carbocycles. The molecule has 2 aliphatic heterocycles. The second-order valence-electron chi connectivity index (χ2n) is 9.02. The zero-order chi connectivity index (χ0) is 26.5. The molecule has 0 bridgehead atoms. The Morgan fingerprint density at radius 2 is 2.03 bits per heavy atom.